The van der Waals surface area contributed by atoms with Crippen LogP contribution in [-0.2, 0) is 6.54 Å². The largest absolute Gasteiger partial charge is 0.573 e. The number of halogens is 3. The number of alkyl halides is 3. The number of pyridine rings is 1. The Morgan fingerprint density at radius 1 is 1.13 bits per heavy atom. The van der Waals surface area contributed by atoms with Gasteiger partial charge >= 0.3 is 6.36 Å². The molecule has 4 heterocycles. The van der Waals surface area contributed by atoms with Gasteiger partial charge in [0.2, 0.25) is 5.82 Å². The number of rotatable bonds is 7. The molecule has 1 aromatic carbocycles. The van der Waals surface area contributed by atoms with E-state index in [0.717, 1.165) is 49.7 Å². The fourth-order valence-corrected chi connectivity index (χ4v) is 4.47. The van der Waals surface area contributed by atoms with Crippen molar-refractivity contribution >= 4 is 11.4 Å². The highest BCUT2D eigenvalue weighted by molar-refractivity contribution is 5.70. The SMILES string of the molecule is CC1=CC(c2nc(-c3ccc(OC(F)(F)F)cc3)no2)=CCCN1Cc1ccnc(N2CC(N(C)C)C2)c1. The van der Waals surface area contributed by atoms with Crippen molar-refractivity contribution in [1.29, 1.82) is 0 Å². The summed E-state index contributed by atoms with van der Waals surface area (Å²) in [5, 5.41) is 4.02. The van der Waals surface area contributed by atoms with Gasteiger partial charge in [-0.2, -0.15) is 4.98 Å². The lowest BCUT2D eigenvalue weighted by Gasteiger charge is -2.43. The first kappa shape index (κ1) is 25.8. The molecule has 0 radical (unpaired) electrons. The van der Waals surface area contributed by atoms with Gasteiger partial charge in [-0.05, 0) is 75.5 Å². The Bertz CT molecular complexity index is 1330. The summed E-state index contributed by atoms with van der Waals surface area (Å²) in [5.74, 6) is 1.35. The molecule has 0 bridgehead atoms. The Morgan fingerprint density at radius 2 is 1.89 bits per heavy atom. The van der Waals surface area contributed by atoms with E-state index in [1.165, 1.54) is 29.8 Å². The second-order valence-electron chi connectivity index (χ2n) is 9.70. The maximum absolute atomic E-state index is 12.4. The van der Waals surface area contributed by atoms with E-state index in [0.29, 0.717) is 23.3 Å². The molecule has 0 atom stereocenters. The van der Waals surface area contributed by atoms with Crippen LogP contribution in [-0.4, -0.2) is 71.1 Å². The zero-order chi connectivity index (χ0) is 26.9. The number of aromatic nitrogens is 3. The number of ether oxygens (including phenoxy) is 1. The highest BCUT2D eigenvalue weighted by Gasteiger charge is 2.31. The van der Waals surface area contributed by atoms with Crippen LogP contribution in [0.2, 0.25) is 0 Å². The fourth-order valence-electron chi connectivity index (χ4n) is 4.47. The molecule has 0 spiro atoms. The molecule has 8 nitrogen and oxygen atoms in total. The molecule has 2 aliphatic heterocycles. The average molecular weight is 527 g/mol. The summed E-state index contributed by atoms with van der Waals surface area (Å²) in [6.45, 7) is 5.60. The van der Waals surface area contributed by atoms with Crippen molar-refractivity contribution in [3.05, 3.63) is 71.9 Å². The zero-order valence-corrected chi connectivity index (χ0v) is 21.4. The Morgan fingerprint density at radius 3 is 2.61 bits per heavy atom. The molecule has 200 valence electrons. The van der Waals surface area contributed by atoms with Crippen LogP contribution >= 0.6 is 0 Å². The van der Waals surface area contributed by atoms with Gasteiger partial charge in [-0.15, -0.1) is 13.2 Å². The third-order valence-electron chi connectivity index (χ3n) is 6.75. The van der Waals surface area contributed by atoms with E-state index < -0.39 is 6.36 Å². The Hall–Kier alpha value is -3.86. The molecule has 1 saturated heterocycles. The van der Waals surface area contributed by atoms with Gasteiger partial charge in [-0.3, -0.25) is 0 Å². The summed E-state index contributed by atoms with van der Waals surface area (Å²) in [4.78, 5) is 15.9. The lowest BCUT2D eigenvalue weighted by atomic mass is 10.1. The lowest BCUT2D eigenvalue weighted by Crippen LogP contribution is -2.57. The van der Waals surface area contributed by atoms with Gasteiger partial charge in [0.25, 0.3) is 5.89 Å². The number of hydrogen-bond acceptors (Lipinski definition) is 8. The molecule has 0 N–H and O–H groups in total. The summed E-state index contributed by atoms with van der Waals surface area (Å²) in [5.41, 5.74) is 3.60. The van der Waals surface area contributed by atoms with Gasteiger partial charge in [-0.1, -0.05) is 11.2 Å². The average Bonchev–Trinajstić information content (AvgIpc) is 3.24. The van der Waals surface area contributed by atoms with Gasteiger partial charge in [0.15, 0.2) is 0 Å². The van der Waals surface area contributed by atoms with Crippen molar-refractivity contribution in [2.75, 3.05) is 38.6 Å². The highest BCUT2D eigenvalue weighted by atomic mass is 19.4. The smallest absolute Gasteiger partial charge is 0.406 e. The molecular formula is C27H29F3N6O2. The Kier molecular flexibility index (Phi) is 7.11. The van der Waals surface area contributed by atoms with E-state index in [-0.39, 0.29) is 5.75 Å². The summed E-state index contributed by atoms with van der Waals surface area (Å²) in [7, 11) is 4.21. The van der Waals surface area contributed by atoms with Gasteiger partial charge in [0, 0.05) is 55.3 Å². The topological polar surface area (TPSA) is 70.8 Å². The second-order valence-corrected chi connectivity index (χ2v) is 9.70. The molecule has 0 saturated carbocycles. The first-order valence-corrected chi connectivity index (χ1v) is 12.3. The molecule has 38 heavy (non-hydrogen) atoms. The van der Waals surface area contributed by atoms with Crippen LogP contribution in [0.1, 0.15) is 24.8 Å². The fraction of sp³-hybridized carbons (Fsp3) is 0.370. The van der Waals surface area contributed by atoms with Gasteiger partial charge in [0.05, 0.1) is 0 Å². The highest BCUT2D eigenvalue weighted by Crippen LogP contribution is 2.28. The quantitative estimate of drug-likeness (QED) is 0.427. The number of hydrogen-bond donors (Lipinski definition) is 0. The van der Waals surface area contributed by atoms with Crippen LogP contribution in [0.25, 0.3) is 17.0 Å². The van der Waals surface area contributed by atoms with Crippen LogP contribution in [0.5, 0.6) is 5.75 Å². The van der Waals surface area contributed by atoms with Crippen molar-refractivity contribution in [2.45, 2.75) is 32.3 Å². The number of nitrogens with zero attached hydrogens (tertiary/aromatic N) is 6. The molecule has 0 amide bonds. The molecule has 1 fully saturated rings. The minimum Gasteiger partial charge on any atom is -0.406 e. The molecule has 0 aliphatic carbocycles. The minimum atomic E-state index is -4.74. The van der Waals surface area contributed by atoms with Crippen molar-refractivity contribution in [1.82, 2.24) is 24.9 Å². The number of benzene rings is 1. The van der Waals surface area contributed by atoms with Crippen LogP contribution in [0.15, 0.2) is 65.0 Å². The standard InChI is InChI=1S/C27H29F3N6O2/c1-18-13-21(26-32-25(33-38-26)20-6-8-23(9-7-20)37-27(28,29)30)5-4-12-35(18)15-19-10-11-31-24(14-19)36-16-22(17-36)34(2)3/h5-11,13-14,22H,4,12,15-17H2,1-3H3. The first-order valence-electron chi connectivity index (χ1n) is 12.3. The lowest BCUT2D eigenvalue weighted by molar-refractivity contribution is -0.274. The Balaban J connectivity index is 1.24. The van der Waals surface area contributed by atoms with E-state index >= 15 is 0 Å². The number of anilines is 1. The Labute approximate surface area is 219 Å². The monoisotopic (exact) mass is 526 g/mol. The van der Waals surface area contributed by atoms with Crippen molar-refractivity contribution < 1.29 is 22.4 Å². The van der Waals surface area contributed by atoms with Crippen molar-refractivity contribution in [3.63, 3.8) is 0 Å². The molecule has 2 aromatic heterocycles. The molecule has 2 aliphatic rings. The zero-order valence-electron chi connectivity index (χ0n) is 21.4. The van der Waals surface area contributed by atoms with Gasteiger partial charge < -0.3 is 24.0 Å². The third-order valence-corrected chi connectivity index (χ3v) is 6.75. The van der Waals surface area contributed by atoms with E-state index in [4.69, 9.17) is 4.52 Å². The van der Waals surface area contributed by atoms with Crippen LogP contribution < -0.4 is 9.64 Å². The van der Waals surface area contributed by atoms with E-state index in [1.807, 2.05) is 12.3 Å². The van der Waals surface area contributed by atoms with Crippen LogP contribution in [0, 0.1) is 0 Å². The molecule has 11 heteroatoms. The van der Waals surface area contributed by atoms with Crippen LogP contribution in [0.4, 0.5) is 19.0 Å². The van der Waals surface area contributed by atoms with Gasteiger partial charge in [-0.25, -0.2) is 4.98 Å². The van der Waals surface area contributed by atoms with Gasteiger partial charge in [0.1, 0.15) is 11.6 Å². The summed E-state index contributed by atoms with van der Waals surface area (Å²) in [6.07, 6.45) is 1.99. The number of allylic oxidation sites excluding steroid dienone is 3. The molecule has 5 rings (SSSR count). The third kappa shape index (κ3) is 5.99. The maximum atomic E-state index is 12.4. The van der Waals surface area contributed by atoms with E-state index in [2.05, 4.69) is 73.8 Å². The predicted molar refractivity (Wildman–Crippen MR) is 137 cm³/mol. The molecule has 3 aromatic rings. The minimum absolute atomic E-state index is 0.290. The molecule has 0 unspecified atom stereocenters. The second kappa shape index (κ2) is 10.5. The summed E-state index contributed by atoms with van der Waals surface area (Å²) in [6, 6.07) is 10.1. The summed E-state index contributed by atoms with van der Waals surface area (Å²) < 4.78 is 46.6. The van der Waals surface area contributed by atoms with Crippen LogP contribution in [0.3, 0.4) is 0 Å². The summed E-state index contributed by atoms with van der Waals surface area (Å²) >= 11 is 0. The normalized spacial score (nSPS) is 16.7. The molecular weight excluding hydrogens is 497 g/mol. The van der Waals surface area contributed by atoms with E-state index in [9.17, 15) is 13.2 Å². The van der Waals surface area contributed by atoms with Crippen molar-refractivity contribution in [3.8, 4) is 17.1 Å². The van der Waals surface area contributed by atoms with E-state index in [1.54, 1.807) is 0 Å². The predicted octanol–water partition coefficient (Wildman–Crippen LogP) is 4.97. The first-order chi connectivity index (χ1) is 18.1. The number of likely N-dealkylation sites (N-methyl/N-ethyl adjacent to an activating group) is 1. The van der Waals surface area contributed by atoms with Crippen molar-refractivity contribution in [2.24, 2.45) is 0 Å². The maximum Gasteiger partial charge on any atom is 0.573 e.